The van der Waals surface area contributed by atoms with Crippen LogP contribution in [-0.2, 0) is 20.2 Å². The van der Waals surface area contributed by atoms with Gasteiger partial charge in [-0.2, -0.15) is 0 Å². The first-order valence-corrected chi connectivity index (χ1v) is 3.40. The zero-order chi connectivity index (χ0) is 4.12. The van der Waals surface area contributed by atoms with E-state index in [1.54, 1.807) is 0 Å². The molecule has 2 nitrogen and oxygen atoms in total. The van der Waals surface area contributed by atoms with Crippen LogP contribution >= 0.6 is 21.9 Å². The topological polar surface area (TPSA) is 21.6 Å². The van der Waals surface area contributed by atoms with Gasteiger partial charge in [0.2, 0.25) is 0 Å². The number of hydrogen-bond donors (Lipinski definition) is 0. The number of halogens is 1. The zero-order valence-corrected chi connectivity index (χ0v) is 6.02. The predicted octanol–water partition coefficient (Wildman–Crippen LogP) is 0.350. The maximum absolute atomic E-state index is 4.59. The summed E-state index contributed by atoms with van der Waals surface area (Å²) in [6, 6.07) is 0. The molecule has 0 aliphatic heterocycles. The van der Waals surface area contributed by atoms with E-state index < -0.39 is 21.9 Å². The van der Waals surface area contributed by atoms with Gasteiger partial charge in [0.1, 0.15) is 0 Å². The Kier molecular flexibility index (Phi) is 6.31. The van der Waals surface area contributed by atoms with Crippen molar-refractivity contribution in [2.45, 2.75) is 0 Å². The second kappa shape index (κ2) is 5.14. The number of rotatable bonds is 2. The Balaban J connectivity index is 2.40. The van der Waals surface area contributed by atoms with Crippen molar-refractivity contribution in [2.24, 2.45) is 2.00 Å². The molecule has 0 aliphatic rings. The standard InChI is InChI=1S/BHINO.V/c1-4-2-3;/h2H;. The molecule has 0 unspecified atom stereocenters. The average molecular weight is 220 g/mol. The molecule has 5 heteroatoms. The molecule has 0 aromatic heterocycles. The summed E-state index contributed by atoms with van der Waals surface area (Å²) in [5.74, 6) is 0. The summed E-state index contributed by atoms with van der Waals surface area (Å²) in [4.78, 5) is 0. The fourth-order valence-electron chi connectivity index (χ4n) is 0.0192. The fraction of sp³-hybridized carbons (Fsp3) is 0. The van der Waals surface area contributed by atoms with E-state index in [0.29, 0.717) is 0 Å². The van der Waals surface area contributed by atoms with Crippen LogP contribution < -0.4 is 0 Å². The van der Waals surface area contributed by atoms with Crippen LogP contribution in [0.3, 0.4) is 0 Å². The molecule has 27 valence electrons. The molecule has 0 amide bonds. The molecular formula is HBINOV. The monoisotopic (exact) mass is 220 g/mol. The molecule has 0 fully saturated rings. The minimum atomic E-state index is -0.632. The summed E-state index contributed by atoms with van der Waals surface area (Å²) in [5, 5.41) is 0. The van der Waals surface area contributed by atoms with Crippen molar-refractivity contribution in [1.82, 2.24) is 0 Å². The molecular weight excluding hydrogens is 219 g/mol. The molecule has 0 heterocycles. The number of hydrogen-bond acceptors (Lipinski definition) is 2. The molecule has 0 bridgehead atoms. The number of nitrogens with zero attached hydrogens (tertiary/aromatic N) is 1. The Labute approximate surface area is 52.1 Å². The Morgan fingerprint density at radius 3 is 2.60 bits per heavy atom. The van der Waals surface area contributed by atoms with E-state index in [1.807, 2.05) is 0 Å². The summed E-state index contributed by atoms with van der Waals surface area (Å²) < 4.78 is 7.71. The molecule has 0 saturated heterocycles. The van der Waals surface area contributed by atoms with E-state index in [-0.39, 0.29) is 0 Å². The van der Waals surface area contributed by atoms with Crippen LogP contribution in [0.15, 0.2) is 2.00 Å². The first-order chi connectivity index (χ1) is 2.41. The average Bonchev–Trinajstić information content (AvgIpc) is 1.41. The Morgan fingerprint density at radius 1 is 2.00 bits per heavy atom. The van der Waals surface area contributed by atoms with Crippen molar-refractivity contribution >= 4 is 29.9 Å². The SMILES string of the molecule is [B]O[IH][N]=[V]. The third kappa shape index (κ3) is 5.14. The van der Waals surface area contributed by atoms with Crippen molar-refractivity contribution < 1.29 is 20.2 Å². The third-order valence-corrected chi connectivity index (χ3v) is 1.21. The predicted molar refractivity (Wildman–Crippen MR) is 24.7 cm³/mol. The molecule has 0 atom stereocenters. The van der Waals surface area contributed by atoms with Crippen molar-refractivity contribution in [3.8, 4) is 0 Å². The summed E-state index contributed by atoms with van der Waals surface area (Å²) >= 11 is 1.42. The van der Waals surface area contributed by atoms with Gasteiger partial charge in [-0.3, -0.25) is 0 Å². The molecule has 0 saturated carbocycles. The van der Waals surface area contributed by atoms with Crippen LogP contribution in [0.2, 0.25) is 0 Å². The van der Waals surface area contributed by atoms with Gasteiger partial charge in [-0.05, 0) is 0 Å². The molecule has 0 rings (SSSR count). The van der Waals surface area contributed by atoms with Crippen molar-refractivity contribution in [3.05, 3.63) is 0 Å². The molecule has 2 radical (unpaired) electrons. The van der Waals surface area contributed by atoms with Crippen molar-refractivity contribution in [1.29, 1.82) is 0 Å². The van der Waals surface area contributed by atoms with Crippen LogP contribution in [0.1, 0.15) is 0 Å². The molecule has 0 spiro atoms. The summed E-state index contributed by atoms with van der Waals surface area (Å²) in [7, 11) is 4.59. The van der Waals surface area contributed by atoms with E-state index in [4.69, 9.17) is 0 Å². The first kappa shape index (κ1) is 6.14. The summed E-state index contributed by atoms with van der Waals surface area (Å²) in [6.07, 6.45) is 0. The molecule has 0 aromatic carbocycles. The van der Waals surface area contributed by atoms with Gasteiger partial charge in [0.15, 0.2) is 0 Å². The van der Waals surface area contributed by atoms with Crippen LogP contribution in [0, 0.1) is 0 Å². The van der Waals surface area contributed by atoms with Gasteiger partial charge in [0.25, 0.3) is 0 Å². The van der Waals surface area contributed by atoms with Gasteiger partial charge in [-0.15, -0.1) is 0 Å². The first-order valence-electron chi connectivity index (χ1n) is 0.785. The minimum absolute atomic E-state index is 0.632. The van der Waals surface area contributed by atoms with Crippen LogP contribution in [-0.4, -0.2) is 8.05 Å². The normalized spacial score (nSPS) is 7.80. The molecule has 0 aromatic rings. The molecule has 0 N–H and O–H groups in total. The van der Waals surface area contributed by atoms with E-state index in [1.165, 1.54) is 0 Å². The van der Waals surface area contributed by atoms with Crippen LogP contribution in [0.5, 0.6) is 0 Å². The van der Waals surface area contributed by atoms with Crippen molar-refractivity contribution in [2.75, 3.05) is 0 Å². The van der Waals surface area contributed by atoms with Crippen molar-refractivity contribution in [3.63, 3.8) is 0 Å². The van der Waals surface area contributed by atoms with Gasteiger partial charge in [-0.1, -0.05) is 0 Å². The van der Waals surface area contributed by atoms with E-state index in [2.05, 4.69) is 30.3 Å². The summed E-state index contributed by atoms with van der Waals surface area (Å²) in [6.45, 7) is 0. The quantitative estimate of drug-likeness (QED) is 0.485. The van der Waals surface area contributed by atoms with Gasteiger partial charge in [0.05, 0.1) is 0 Å². The molecule has 5 heavy (non-hydrogen) atoms. The molecule has 0 aliphatic carbocycles. The summed E-state index contributed by atoms with van der Waals surface area (Å²) in [5.41, 5.74) is 0. The Bertz CT molecular complexity index is 32.8. The van der Waals surface area contributed by atoms with E-state index in [0.717, 1.165) is 0 Å². The third-order valence-electron chi connectivity index (χ3n) is 0.0764. The second-order valence-corrected chi connectivity index (χ2v) is 3.40. The Morgan fingerprint density at radius 2 is 2.60 bits per heavy atom. The fourth-order valence-corrected chi connectivity index (χ4v) is 0.532. The van der Waals surface area contributed by atoms with E-state index >= 15 is 0 Å². The van der Waals surface area contributed by atoms with Gasteiger partial charge >= 0.3 is 52.2 Å². The van der Waals surface area contributed by atoms with Gasteiger partial charge in [0, 0.05) is 0 Å². The van der Waals surface area contributed by atoms with Gasteiger partial charge < -0.3 is 0 Å². The Hall–Kier alpha value is 1.14. The van der Waals surface area contributed by atoms with E-state index in [9.17, 15) is 0 Å². The van der Waals surface area contributed by atoms with Crippen LogP contribution in [0.25, 0.3) is 0 Å². The van der Waals surface area contributed by atoms with Gasteiger partial charge in [-0.25, -0.2) is 0 Å². The zero-order valence-electron chi connectivity index (χ0n) is 2.29. The maximum atomic E-state index is 4.59. The van der Waals surface area contributed by atoms with Crippen LogP contribution in [0.4, 0.5) is 0 Å². The second-order valence-electron chi connectivity index (χ2n) is 0.252.